The Kier molecular flexibility index (Phi) is 3.12. The van der Waals surface area contributed by atoms with Gasteiger partial charge in [0.25, 0.3) is 0 Å². The average Bonchev–Trinajstić information content (AvgIpc) is 2.71. The molecule has 2 aromatic rings. The molecular formula is C14H14ClN3O. The predicted molar refractivity (Wildman–Crippen MR) is 74.8 cm³/mol. The van der Waals surface area contributed by atoms with Crippen molar-refractivity contribution in [2.24, 2.45) is 5.73 Å². The maximum absolute atomic E-state index is 11.8. The van der Waals surface area contributed by atoms with E-state index in [-0.39, 0.29) is 11.9 Å². The van der Waals surface area contributed by atoms with Crippen LogP contribution in [0.25, 0.3) is 10.9 Å². The molecule has 2 heterocycles. The lowest BCUT2D eigenvalue weighted by Gasteiger charge is -2.16. The number of carbonyl (C=O) groups is 1. The summed E-state index contributed by atoms with van der Waals surface area (Å²) in [6.07, 6.45) is 2.42. The number of halogens is 1. The molecule has 98 valence electrons. The van der Waals surface area contributed by atoms with E-state index in [4.69, 9.17) is 17.3 Å². The highest BCUT2D eigenvalue weighted by Gasteiger charge is 2.28. The molecule has 1 saturated heterocycles. The largest absolute Gasteiger partial charge is 0.337 e. The molecule has 0 spiro atoms. The van der Waals surface area contributed by atoms with Gasteiger partial charge in [-0.1, -0.05) is 23.7 Å². The van der Waals surface area contributed by atoms with E-state index in [1.165, 1.54) is 0 Å². The summed E-state index contributed by atoms with van der Waals surface area (Å²) in [7, 11) is 0. The molecular weight excluding hydrogens is 262 g/mol. The van der Waals surface area contributed by atoms with Gasteiger partial charge >= 0.3 is 0 Å². The van der Waals surface area contributed by atoms with Gasteiger partial charge in [-0.15, -0.1) is 0 Å². The number of amides is 1. The minimum atomic E-state index is -0.340. The monoisotopic (exact) mass is 275 g/mol. The van der Waals surface area contributed by atoms with Gasteiger partial charge in [-0.3, -0.25) is 9.78 Å². The Morgan fingerprint density at radius 3 is 3.00 bits per heavy atom. The SMILES string of the molecule is NC1CCN(Cc2ccc3c(Cl)ccnc3c2)C1=O. The summed E-state index contributed by atoms with van der Waals surface area (Å²) in [6.45, 7) is 1.30. The van der Waals surface area contributed by atoms with Gasteiger partial charge in [-0.2, -0.15) is 0 Å². The molecule has 1 aliphatic rings. The standard InChI is InChI=1S/C14H14ClN3O/c15-11-3-5-17-13-7-9(1-2-10(11)13)8-18-6-4-12(16)14(18)19/h1-3,5,7,12H,4,6,8,16H2. The van der Waals surface area contributed by atoms with Crippen molar-refractivity contribution in [1.29, 1.82) is 0 Å². The summed E-state index contributed by atoms with van der Waals surface area (Å²) in [6, 6.07) is 7.33. The van der Waals surface area contributed by atoms with Gasteiger partial charge in [0.2, 0.25) is 5.91 Å². The van der Waals surface area contributed by atoms with Crippen LogP contribution in [0.3, 0.4) is 0 Å². The van der Waals surface area contributed by atoms with Crippen LogP contribution in [-0.2, 0) is 11.3 Å². The highest BCUT2D eigenvalue weighted by atomic mass is 35.5. The molecule has 0 saturated carbocycles. The lowest BCUT2D eigenvalue weighted by molar-refractivity contribution is -0.129. The molecule has 0 aliphatic carbocycles. The maximum Gasteiger partial charge on any atom is 0.239 e. The third-order valence-corrected chi connectivity index (χ3v) is 3.80. The van der Waals surface area contributed by atoms with Crippen molar-refractivity contribution >= 4 is 28.4 Å². The Bertz CT molecular complexity index is 644. The van der Waals surface area contributed by atoms with Crippen LogP contribution in [0, 0.1) is 0 Å². The van der Waals surface area contributed by atoms with Crippen LogP contribution in [0.4, 0.5) is 0 Å². The minimum absolute atomic E-state index is 0.0270. The van der Waals surface area contributed by atoms with Crippen molar-refractivity contribution in [2.75, 3.05) is 6.54 Å². The zero-order valence-electron chi connectivity index (χ0n) is 10.3. The molecule has 1 aromatic carbocycles. The van der Waals surface area contributed by atoms with E-state index in [9.17, 15) is 4.79 Å². The van der Waals surface area contributed by atoms with Crippen LogP contribution in [0.1, 0.15) is 12.0 Å². The molecule has 1 fully saturated rings. The number of benzene rings is 1. The number of nitrogens with zero attached hydrogens (tertiary/aromatic N) is 2. The van der Waals surface area contributed by atoms with Crippen molar-refractivity contribution in [3.05, 3.63) is 41.0 Å². The van der Waals surface area contributed by atoms with Gasteiger partial charge in [0, 0.05) is 24.7 Å². The zero-order valence-corrected chi connectivity index (χ0v) is 11.1. The van der Waals surface area contributed by atoms with E-state index in [1.807, 2.05) is 18.2 Å². The second-order valence-electron chi connectivity index (χ2n) is 4.80. The Labute approximate surface area is 116 Å². The van der Waals surface area contributed by atoms with Crippen molar-refractivity contribution in [1.82, 2.24) is 9.88 Å². The molecule has 5 heteroatoms. The van der Waals surface area contributed by atoms with E-state index in [0.29, 0.717) is 11.6 Å². The summed E-state index contributed by atoms with van der Waals surface area (Å²) in [5.41, 5.74) is 7.61. The van der Waals surface area contributed by atoms with Gasteiger partial charge in [0.15, 0.2) is 0 Å². The van der Waals surface area contributed by atoms with Gasteiger partial charge < -0.3 is 10.6 Å². The van der Waals surface area contributed by atoms with Crippen LogP contribution in [0.15, 0.2) is 30.5 Å². The zero-order chi connectivity index (χ0) is 13.4. The first kappa shape index (κ1) is 12.4. The molecule has 1 aromatic heterocycles. The van der Waals surface area contributed by atoms with Crippen molar-refractivity contribution in [3.8, 4) is 0 Å². The third-order valence-electron chi connectivity index (χ3n) is 3.47. The lowest BCUT2D eigenvalue weighted by Crippen LogP contribution is -2.33. The fourth-order valence-electron chi connectivity index (χ4n) is 2.40. The Balaban J connectivity index is 1.88. The topological polar surface area (TPSA) is 59.2 Å². The number of nitrogens with two attached hydrogens (primary N) is 1. The van der Waals surface area contributed by atoms with Crippen molar-refractivity contribution in [2.45, 2.75) is 19.0 Å². The molecule has 1 unspecified atom stereocenters. The number of aromatic nitrogens is 1. The van der Waals surface area contributed by atoms with Crippen molar-refractivity contribution in [3.63, 3.8) is 0 Å². The number of hydrogen-bond acceptors (Lipinski definition) is 3. The highest BCUT2D eigenvalue weighted by Crippen LogP contribution is 2.23. The second-order valence-corrected chi connectivity index (χ2v) is 5.21. The molecule has 1 aliphatic heterocycles. The Hall–Kier alpha value is -1.65. The second kappa shape index (κ2) is 4.79. The first-order valence-corrected chi connectivity index (χ1v) is 6.60. The molecule has 3 rings (SSSR count). The summed E-state index contributed by atoms with van der Waals surface area (Å²) < 4.78 is 0. The fraction of sp³-hybridized carbons (Fsp3) is 0.286. The van der Waals surface area contributed by atoms with E-state index in [0.717, 1.165) is 29.4 Å². The van der Waals surface area contributed by atoms with E-state index in [1.54, 1.807) is 17.2 Å². The number of rotatable bonds is 2. The summed E-state index contributed by atoms with van der Waals surface area (Å²) in [5, 5.41) is 1.62. The van der Waals surface area contributed by atoms with Crippen LogP contribution in [0.5, 0.6) is 0 Å². The first-order chi connectivity index (χ1) is 9.15. The number of likely N-dealkylation sites (tertiary alicyclic amines) is 1. The van der Waals surface area contributed by atoms with Gasteiger partial charge in [-0.25, -0.2) is 0 Å². The molecule has 1 atom stereocenters. The van der Waals surface area contributed by atoms with Crippen LogP contribution < -0.4 is 5.73 Å². The quantitative estimate of drug-likeness (QED) is 0.911. The number of hydrogen-bond donors (Lipinski definition) is 1. The van der Waals surface area contributed by atoms with E-state index < -0.39 is 0 Å². The Morgan fingerprint density at radius 2 is 2.26 bits per heavy atom. The molecule has 0 bridgehead atoms. The van der Waals surface area contributed by atoms with E-state index >= 15 is 0 Å². The van der Waals surface area contributed by atoms with Crippen LogP contribution in [-0.4, -0.2) is 28.4 Å². The molecule has 2 N–H and O–H groups in total. The average molecular weight is 276 g/mol. The van der Waals surface area contributed by atoms with E-state index in [2.05, 4.69) is 4.98 Å². The summed E-state index contributed by atoms with van der Waals surface area (Å²) in [5.74, 6) is 0.0270. The third kappa shape index (κ3) is 2.29. The number of fused-ring (bicyclic) bond motifs is 1. The number of pyridine rings is 1. The van der Waals surface area contributed by atoms with Gasteiger partial charge in [0.1, 0.15) is 0 Å². The Morgan fingerprint density at radius 1 is 1.42 bits per heavy atom. The smallest absolute Gasteiger partial charge is 0.239 e. The molecule has 4 nitrogen and oxygen atoms in total. The molecule has 19 heavy (non-hydrogen) atoms. The molecule has 0 radical (unpaired) electrons. The van der Waals surface area contributed by atoms with Crippen molar-refractivity contribution < 1.29 is 4.79 Å². The maximum atomic E-state index is 11.8. The molecule has 1 amide bonds. The fourth-order valence-corrected chi connectivity index (χ4v) is 2.61. The number of carbonyl (C=O) groups excluding carboxylic acids is 1. The summed E-state index contributed by atoms with van der Waals surface area (Å²) >= 11 is 6.10. The van der Waals surface area contributed by atoms with Crippen LogP contribution in [0.2, 0.25) is 5.02 Å². The predicted octanol–water partition coefficient (Wildman–Crippen LogP) is 1.95. The minimum Gasteiger partial charge on any atom is -0.337 e. The van der Waals surface area contributed by atoms with Gasteiger partial charge in [0.05, 0.1) is 16.6 Å². The first-order valence-electron chi connectivity index (χ1n) is 6.22. The lowest BCUT2D eigenvalue weighted by atomic mass is 10.1. The van der Waals surface area contributed by atoms with Crippen LogP contribution >= 0.6 is 11.6 Å². The highest BCUT2D eigenvalue weighted by molar-refractivity contribution is 6.35. The normalized spacial score (nSPS) is 19.4. The summed E-state index contributed by atoms with van der Waals surface area (Å²) in [4.78, 5) is 17.9. The van der Waals surface area contributed by atoms with Gasteiger partial charge in [-0.05, 0) is 24.1 Å².